The number of fused-ring (bicyclic) bond motifs is 1. The van der Waals surface area contributed by atoms with E-state index in [1.54, 1.807) is 0 Å². The molecule has 122 valence electrons. The molecule has 1 atom stereocenters. The van der Waals surface area contributed by atoms with Crippen LogP contribution in [0.3, 0.4) is 0 Å². The van der Waals surface area contributed by atoms with Gasteiger partial charge in [0.15, 0.2) is 0 Å². The lowest BCUT2D eigenvalue weighted by atomic mass is 9.74. The van der Waals surface area contributed by atoms with E-state index in [-0.39, 0.29) is 12.8 Å². The number of nitrogens with zero attached hydrogens (tertiary/aromatic N) is 1. The van der Waals surface area contributed by atoms with Gasteiger partial charge >= 0.3 is 0 Å². The predicted molar refractivity (Wildman–Crippen MR) is 99.1 cm³/mol. The maximum Gasteiger partial charge on any atom is 0.118 e. The summed E-state index contributed by atoms with van der Waals surface area (Å²) in [7, 11) is 0. The molecule has 1 fully saturated rings. The van der Waals surface area contributed by atoms with Crippen molar-refractivity contribution in [1.29, 1.82) is 5.26 Å². The van der Waals surface area contributed by atoms with Crippen molar-refractivity contribution in [1.82, 2.24) is 10.3 Å². The van der Waals surface area contributed by atoms with Crippen molar-refractivity contribution in [3.63, 3.8) is 0 Å². The van der Waals surface area contributed by atoms with Gasteiger partial charge in [-0.25, -0.2) is 0 Å². The molecule has 0 aliphatic carbocycles. The van der Waals surface area contributed by atoms with Gasteiger partial charge in [0.05, 0.1) is 0 Å². The van der Waals surface area contributed by atoms with Crippen molar-refractivity contribution >= 4 is 10.9 Å². The summed E-state index contributed by atoms with van der Waals surface area (Å²) in [5.74, 6) is 0. The van der Waals surface area contributed by atoms with E-state index in [2.05, 4.69) is 64.9 Å². The van der Waals surface area contributed by atoms with Gasteiger partial charge in [0.1, 0.15) is 11.8 Å². The maximum atomic E-state index is 9.07. The minimum atomic E-state index is 0. The Morgan fingerprint density at radius 2 is 1.92 bits per heavy atom. The van der Waals surface area contributed by atoms with Crippen LogP contribution < -0.4 is 5.32 Å². The van der Waals surface area contributed by atoms with E-state index in [1.165, 1.54) is 11.1 Å². The van der Waals surface area contributed by atoms with Crippen molar-refractivity contribution in [3.8, 4) is 6.07 Å². The SMILES string of the molecule is C.N#Cc1cc2cc(C3(Cc4ccccc4)CCNC3)ccc2[nH]1. The number of aromatic nitrogens is 1. The third kappa shape index (κ3) is 2.81. The van der Waals surface area contributed by atoms with Crippen LogP contribution in [-0.4, -0.2) is 18.1 Å². The van der Waals surface area contributed by atoms with Gasteiger partial charge in [0, 0.05) is 22.9 Å². The Morgan fingerprint density at radius 3 is 2.62 bits per heavy atom. The molecule has 0 spiro atoms. The monoisotopic (exact) mass is 317 g/mol. The van der Waals surface area contributed by atoms with Crippen LogP contribution in [0.2, 0.25) is 0 Å². The smallest absolute Gasteiger partial charge is 0.118 e. The highest BCUT2D eigenvalue weighted by atomic mass is 14.9. The van der Waals surface area contributed by atoms with Crippen LogP contribution in [0, 0.1) is 11.3 Å². The first kappa shape index (κ1) is 16.3. The minimum absolute atomic E-state index is 0. The lowest BCUT2D eigenvalue weighted by Crippen LogP contribution is -2.31. The summed E-state index contributed by atoms with van der Waals surface area (Å²) in [6.45, 7) is 2.06. The molecule has 1 aliphatic heterocycles. The Balaban J connectivity index is 0.00000169. The summed E-state index contributed by atoms with van der Waals surface area (Å²) in [5.41, 5.74) is 4.54. The van der Waals surface area contributed by atoms with Gasteiger partial charge < -0.3 is 10.3 Å². The van der Waals surface area contributed by atoms with Gasteiger partial charge in [-0.1, -0.05) is 43.8 Å². The first-order valence-corrected chi connectivity index (χ1v) is 8.07. The van der Waals surface area contributed by atoms with Gasteiger partial charge in [-0.3, -0.25) is 0 Å². The van der Waals surface area contributed by atoms with E-state index in [0.717, 1.165) is 36.8 Å². The Kier molecular flexibility index (Phi) is 4.42. The molecule has 24 heavy (non-hydrogen) atoms. The fourth-order valence-electron chi connectivity index (χ4n) is 3.75. The molecule has 2 heterocycles. The summed E-state index contributed by atoms with van der Waals surface area (Å²) in [6.07, 6.45) is 2.19. The van der Waals surface area contributed by atoms with E-state index >= 15 is 0 Å². The summed E-state index contributed by atoms with van der Waals surface area (Å²) in [4.78, 5) is 3.15. The normalized spacial score (nSPS) is 19.8. The number of nitrogens with one attached hydrogen (secondary N) is 2. The number of hydrogen-bond donors (Lipinski definition) is 2. The molecule has 4 rings (SSSR count). The lowest BCUT2D eigenvalue weighted by molar-refractivity contribution is 0.468. The third-order valence-electron chi connectivity index (χ3n) is 4.98. The zero-order chi connectivity index (χ0) is 15.7. The van der Waals surface area contributed by atoms with Gasteiger partial charge in [0.2, 0.25) is 0 Å². The van der Waals surface area contributed by atoms with Crippen molar-refractivity contribution in [2.45, 2.75) is 25.7 Å². The molecule has 3 aromatic rings. The van der Waals surface area contributed by atoms with E-state index < -0.39 is 0 Å². The van der Waals surface area contributed by atoms with Crippen molar-refractivity contribution in [2.24, 2.45) is 0 Å². The highest BCUT2D eigenvalue weighted by Crippen LogP contribution is 2.36. The van der Waals surface area contributed by atoms with Crippen molar-refractivity contribution in [3.05, 3.63) is 71.4 Å². The molecule has 1 saturated heterocycles. The molecule has 0 amide bonds. The largest absolute Gasteiger partial charge is 0.346 e. The molecule has 2 N–H and O–H groups in total. The lowest BCUT2D eigenvalue weighted by Gasteiger charge is -2.29. The molecule has 0 radical (unpaired) electrons. The molecule has 3 heteroatoms. The molecular weight excluding hydrogens is 294 g/mol. The molecule has 3 nitrogen and oxygen atoms in total. The highest BCUT2D eigenvalue weighted by molar-refractivity contribution is 5.82. The Bertz CT molecular complexity index is 865. The maximum absolute atomic E-state index is 9.07. The van der Waals surface area contributed by atoms with Crippen molar-refractivity contribution < 1.29 is 0 Å². The number of benzene rings is 2. The van der Waals surface area contributed by atoms with E-state index in [9.17, 15) is 0 Å². The first-order chi connectivity index (χ1) is 11.3. The second-order valence-electron chi connectivity index (χ2n) is 6.47. The average Bonchev–Trinajstić information content (AvgIpc) is 3.22. The molecule has 2 aromatic carbocycles. The second kappa shape index (κ2) is 6.51. The summed E-state index contributed by atoms with van der Waals surface area (Å²) < 4.78 is 0. The standard InChI is InChI=1S/C20H19N3.CH4/c21-13-18-11-16-10-17(6-7-19(16)23-18)20(8-9-22-14-20)12-15-4-2-1-3-5-15;/h1-7,10-11,22-23H,8-9,12,14H2;1H4. The average molecular weight is 317 g/mol. The number of H-pyrrole nitrogens is 1. The van der Waals surface area contributed by atoms with Crippen LogP contribution in [0.25, 0.3) is 10.9 Å². The van der Waals surface area contributed by atoms with Crippen LogP contribution in [-0.2, 0) is 11.8 Å². The zero-order valence-corrected chi connectivity index (χ0v) is 13.0. The van der Waals surface area contributed by atoms with E-state index in [4.69, 9.17) is 5.26 Å². The van der Waals surface area contributed by atoms with Gasteiger partial charge in [-0.2, -0.15) is 5.26 Å². The second-order valence-corrected chi connectivity index (χ2v) is 6.47. The van der Waals surface area contributed by atoms with E-state index in [0.29, 0.717) is 5.69 Å². The summed E-state index contributed by atoms with van der Waals surface area (Å²) in [6, 6.07) is 21.4. The summed E-state index contributed by atoms with van der Waals surface area (Å²) in [5, 5.41) is 13.7. The fourth-order valence-corrected chi connectivity index (χ4v) is 3.75. The van der Waals surface area contributed by atoms with Crippen LogP contribution in [0.15, 0.2) is 54.6 Å². The number of hydrogen-bond acceptors (Lipinski definition) is 2. The molecule has 0 saturated carbocycles. The highest BCUT2D eigenvalue weighted by Gasteiger charge is 2.35. The van der Waals surface area contributed by atoms with Crippen molar-refractivity contribution in [2.75, 3.05) is 13.1 Å². The van der Waals surface area contributed by atoms with Crippen LogP contribution >= 0.6 is 0 Å². The van der Waals surface area contributed by atoms with Gasteiger partial charge in [-0.05, 0) is 48.7 Å². The van der Waals surface area contributed by atoms with Crippen LogP contribution in [0.4, 0.5) is 0 Å². The Labute approximate surface area is 143 Å². The van der Waals surface area contributed by atoms with Gasteiger partial charge in [-0.15, -0.1) is 0 Å². The first-order valence-electron chi connectivity index (χ1n) is 8.07. The third-order valence-corrected chi connectivity index (χ3v) is 4.98. The van der Waals surface area contributed by atoms with Crippen LogP contribution in [0.5, 0.6) is 0 Å². The Hall–Kier alpha value is -2.57. The van der Waals surface area contributed by atoms with Gasteiger partial charge in [0.25, 0.3) is 0 Å². The zero-order valence-electron chi connectivity index (χ0n) is 13.0. The fraction of sp³-hybridized carbons (Fsp3) is 0.286. The number of nitriles is 1. The summed E-state index contributed by atoms with van der Waals surface area (Å²) >= 11 is 0. The number of aromatic amines is 1. The Morgan fingerprint density at radius 1 is 1.08 bits per heavy atom. The molecule has 1 aromatic heterocycles. The topological polar surface area (TPSA) is 51.6 Å². The minimum Gasteiger partial charge on any atom is -0.346 e. The van der Waals surface area contributed by atoms with E-state index in [1.807, 2.05) is 6.07 Å². The van der Waals surface area contributed by atoms with Crippen LogP contribution in [0.1, 0.15) is 30.7 Å². The molecular formula is C21H23N3. The predicted octanol–water partition coefficient (Wildman–Crippen LogP) is 4.15. The quantitative estimate of drug-likeness (QED) is 0.762. The molecule has 1 unspecified atom stereocenters. The molecule has 1 aliphatic rings. The molecule has 0 bridgehead atoms. The number of rotatable bonds is 3.